The number of hydrogen-bond acceptors (Lipinski definition) is 7. The Balaban J connectivity index is 1.96. The highest BCUT2D eigenvalue weighted by Crippen LogP contribution is 2.26. The van der Waals surface area contributed by atoms with E-state index < -0.39 is 34.9 Å². The second kappa shape index (κ2) is 12.4. The van der Waals surface area contributed by atoms with E-state index in [4.69, 9.17) is 9.47 Å². The van der Waals surface area contributed by atoms with Crippen LogP contribution >= 0.6 is 0 Å². The van der Waals surface area contributed by atoms with Gasteiger partial charge in [-0.2, -0.15) is 0 Å². The van der Waals surface area contributed by atoms with E-state index in [1.54, 1.807) is 27.7 Å². The van der Waals surface area contributed by atoms with Crippen molar-refractivity contribution in [2.75, 3.05) is 36.9 Å². The lowest BCUT2D eigenvalue weighted by Gasteiger charge is -2.34. The molecule has 2 amide bonds. The van der Waals surface area contributed by atoms with Gasteiger partial charge in [0.25, 0.3) is 0 Å². The van der Waals surface area contributed by atoms with Crippen LogP contribution in [0.5, 0.6) is 0 Å². The lowest BCUT2D eigenvalue weighted by Crippen LogP contribution is -2.44. The summed E-state index contributed by atoms with van der Waals surface area (Å²) in [6, 6.07) is 3.25. The molecule has 1 aromatic rings. The van der Waals surface area contributed by atoms with E-state index in [1.807, 2.05) is 20.8 Å². The second-order valence-electron chi connectivity index (χ2n) is 11.2. The molecule has 0 aromatic heterocycles. The highest BCUT2D eigenvalue weighted by atomic mass is 19.1. The van der Waals surface area contributed by atoms with Crippen molar-refractivity contribution in [1.82, 2.24) is 10.2 Å². The first-order valence-electron chi connectivity index (χ1n) is 12.4. The Bertz CT molecular complexity index is 926. The number of carbonyl (C=O) groups is 3. The Morgan fingerprint density at radius 1 is 1.14 bits per heavy atom. The van der Waals surface area contributed by atoms with Crippen molar-refractivity contribution in [2.24, 2.45) is 5.41 Å². The number of carbonyl (C=O) groups excluding carboxylic acids is 3. The van der Waals surface area contributed by atoms with Crippen molar-refractivity contribution >= 4 is 29.3 Å². The molecular formula is C26H41FN4O5. The first kappa shape index (κ1) is 29.4. The van der Waals surface area contributed by atoms with Crippen LogP contribution in [0.2, 0.25) is 0 Å². The van der Waals surface area contributed by atoms with Crippen LogP contribution in [0.25, 0.3) is 0 Å². The number of hydrogen-bond donors (Lipinski definition) is 3. The quantitative estimate of drug-likeness (QED) is 0.453. The number of esters is 1. The molecule has 0 saturated carbocycles. The molecule has 202 valence electrons. The third-order valence-corrected chi connectivity index (χ3v) is 5.48. The fourth-order valence-electron chi connectivity index (χ4n) is 3.62. The van der Waals surface area contributed by atoms with E-state index in [-0.39, 0.29) is 12.0 Å². The third kappa shape index (κ3) is 10.0. The molecule has 0 bridgehead atoms. The number of amides is 2. The average molecular weight is 509 g/mol. The van der Waals surface area contributed by atoms with Gasteiger partial charge in [0, 0.05) is 19.1 Å². The minimum absolute atomic E-state index is 0.0202. The summed E-state index contributed by atoms with van der Waals surface area (Å²) in [5.41, 5.74) is -0.352. The van der Waals surface area contributed by atoms with E-state index in [0.717, 1.165) is 19.4 Å². The smallest absolute Gasteiger partial charge is 0.408 e. The Labute approximate surface area is 213 Å². The molecule has 2 rings (SSSR count). The molecule has 1 heterocycles. The maximum atomic E-state index is 14.1. The molecule has 1 aromatic carbocycles. The fourth-order valence-corrected chi connectivity index (χ4v) is 3.62. The van der Waals surface area contributed by atoms with Crippen LogP contribution in [0, 0.1) is 11.2 Å². The standard InChI is InChI=1S/C26H41FN4O5/c1-17(28-24(34)36-26(5,6)7)22(32)30-20-11-10-18(27)15-21(20)29-19-9-8-12-31(16-19)13-14-35-23(33)25(2,3)4/h10-11,15,17,19,29H,8-9,12-14,16H2,1-7H3,(H,28,34)(H,30,32). The minimum atomic E-state index is -0.862. The van der Waals surface area contributed by atoms with Crippen molar-refractivity contribution in [3.63, 3.8) is 0 Å². The Morgan fingerprint density at radius 3 is 2.47 bits per heavy atom. The molecular weight excluding hydrogens is 467 g/mol. The fraction of sp³-hybridized carbons (Fsp3) is 0.654. The molecule has 1 fully saturated rings. The number of nitrogens with zero attached hydrogens (tertiary/aromatic N) is 1. The zero-order chi connectivity index (χ0) is 27.1. The first-order chi connectivity index (χ1) is 16.6. The summed E-state index contributed by atoms with van der Waals surface area (Å²) in [7, 11) is 0. The molecule has 2 unspecified atom stereocenters. The number of ether oxygens (including phenoxy) is 2. The van der Waals surface area contributed by atoms with Gasteiger partial charge < -0.3 is 25.4 Å². The Morgan fingerprint density at radius 2 is 1.83 bits per heavy atom. The van der Waals surface area contributed by atoms with Crippen LogP contribution in [-0.2, 0) is 19.1 Å². The largest absolute Gasteiger partial charge is 0.464 e. The second-order valence-corrected chi connectivity index (χ2v) is 11.2. The summed E-state index contributed by atoms with van der Waals surface area (Å²) < 4.78 is 24.6. The molecule has 36 heavy (non-hydrogen) atoms. The van der Waals surface area contributed by atoms with Gasteiger partial charge in [-0.25, -0.2) is 9.18 Å². The molecule has 0 radical (unpaired) electrons. The van der Waals surface area contributed by atoms with Crippen LogP contribution in [0.4, 0.5) is 20.6 Å². The molecule has 1 saturated heterocycles. The van der Waals surface area contributed by atoms with Crippen LogP contribution in [0.1, 0.15) is 61.3 Å². The predicted octanol–water partition coefficient (Wildman–Crippen LogP) is 4.14. The molecule has 1 aliphatic heterocycles. The van der Waals surface area contributed by atoms with E-state index in [0.29, 0.717) is 31.1 Å². The maximum absolute atomic E-state index is 14.1. The Kier molecular flexibility index (Phi) is 10.1. The Hall–Kier alpha value is -2.88. The van der Waals surface area contributed by atoms with Gasteiger partial charge in [-0.3, -0.25) is 14.5 Å². The number of benzene rings is 1. The third-order valence-electron chi connectivity index (χ3n) is 5.48. The molecule has 9 nitrogen and oxygen atoms in total. The zero-order valence-corrected chi connectivity index (χ0v) is 22.5. The zero-order valence-electron chi connectivity index (χ0n) is 22.5. The highest BCUT2D eigenvalue weighted by Gasteiger charge is 2.25. The van der Waals surface area contributed by atoms with Gasteiger partial charge in [-0.15, -0.1) is 0 Å². The first-order valence-corrected chi connectivity index (χ1v) is 12.4. The highest BCUT2D eigenvalue weighted by molar-refractivity contribution is 5.98. The topological polar surface area (TPSA) is 109 Å². The lowest BCUT2D eigenvalue weighted by atomic mass is 9.97. The van der Waals surface area contributed by atoms with Crippen molar-refractivity contribution in [1.29, 1.82) is 0 Å². The van der Waals surface area contributed by atoms with Gasteiger partial charge >= 0.3 is 12.1 Å². The van der Waals surface area contributed by atoms with Crippen molar-refractivity contribution in [3.05, 3.63) is 24.0 Å². The molecule has 10 heteroatoms. The molecule has 1 aliphatic rings. The van der Waals surface area contributed by atoms with Crippen LogP contribution < -0.4 is 16.0 Å². The van der Waals surface area contributed by atoms with Crippen molar-refractivity contribution < 1.29 is 28.2 Å². The number of likely N-dealkylation sites (tertiary alicyclic amines) is 1. The lowest BCUT2D eigenvalue weighted by molar-refractivity contribution is -0.153. The van der Waals surface area contributed by atoms with Gasteiger partial charge in [0.2, 0.25) is 5.91 Å². The normalized spacial score (nSPS) is 17.6. The number of rotatable bonds is 8. The van der Waals surface area contributed by atoms with Crippen LogP contribution in [0.3, 0.4) is 0 Å². The van der Waals surface area contributed by atoms with Gasteiger partial charge in [0.05, 0.1) is 16.8 Å². The molecule has 2 atom stereocenters. The summed E-state index contributed by atoms with van der Waals surface area (Å²) in [6.07, 6.45) is 1.11. The van der Waals surface area contributed by atoms with Crippen LogP contribution in [-0.4, -0.2) is 66.8 Å². The summed E-state index contributed by atoms with van der Waals surface area (Å²) in [4.78, 5) is 38.9. The number of halogens is 1. The predicted molar refractivity (Wildman–Crippen MR) is 137 cm³/mol. The minimum Gasteiger partial charge on any atom is -0.464 e. The summed E-state index contributed by atoms with van der Waals surface area (Å²) in [5.74, 6) is -1.12. The van der Waals surface area contributed by atoms with Gasteiger partial charge in [0.15, 0.2) is 0 Å². The molecule has 3 N–H and O–H groups in total. The monoisotopic (exact) mass is 508 g/mol. The number of nitrogens with one attached hydrogen (secondary N) is 3. The summed E-state index contributed by atoms with van der Waals surface area (Å²) in [6.45, 7) is 14.7. The van der Waals surface area contributed by atoms with Crippen LogP contribution in [0.15, 0.2) is 18.2 Å². The summed E-state index contributed by atoms with van der Waals surface area (Å²) >= 11 is 0. The molecule has 0 spiro atoms. The van der Waals surface area contributed by atoms with Gasteiger partial charge in [0.1, 0.15) is 24.1 Å². The van der Waals surface area contributed by atoms with Gasteiger partial charge in [-0.05, 0) is 86.1 Å². The van der Waals surface area contributed by atoms with E-state index in [2.05, 4.69) is 20.9 Å². The number of alkyl carbamates (subject to hydrolysis) is 1. The van der Waals surface area contributed by atoms with Crippen molar-refractivity contribution in [2.45, 2.75) is 79.0 Å². The van der Waals surface area contributed by atoms with E-state index in [1.165, 1.54) is 18.2 Å². The summed E-state index contributed by atoms with van der Waals surface area (Å²) in [5, 5.41) is 8.60. The van der Waals surface area contributed by atoms with E-state index in [9.17, 15) is 18.8 Å². The maximum Gasteiger partial charge on any atom is 0.408 e. The molecule has 0 aliphatic carbocycles. The van der Waals surface area contributed by atoms with E-state index >= 15 is 0 Å². The average Bonchev–Trinajstić information content (AvgIpc) is 2.73. The SMILES string of the molecule is CC(NC(=O)OC(C)(C)C)C(=O)Nc1ccc(F)cc1NC1CCCN(CCOC(=O)C(C)(C)C)C1. The van der Waals surface area contributed by atoms with Crippen molar-refractivity contribution in [3.8, 4) is 0 Å². The number of piperidine rings is 1. The van der Waals surface area contributed by atoms with Gasteiger partial charge in [-0.1, -0.05) is 0 Å². The number of anilines is 2.